The summed E-state index contributed by atoms with van der Waals surface area (Å²) in [7, 11) is 0. The van der Waals surface area contributed by atoms with Crippen molar-refractivity contribution in [3.63, 3.8) is 0 Å². The summed E-state index contributed by atoms with van der Waals surface area (Å²) in [5, 5.41) is 3.11. The second-order valence-electron chi connectivity index (χ2n) is 17.1. The lowest BCUT2D eigenvalue weighted by Gasteiger charge is -2.21. The van der Waals surface area contributed by atoms with E-state index >= 15 is 0 Å². The van der Waals surface area contributed by atoms with Gasteiger partial charge in [-0.25, -0.2) is 4.98 Å². The Labute approximate surface area is 425 Å². The van der Waals surface area contributed by atoms with Crippen LogP contribution in [-0.2, 0) is 0 Å². The van der Waals surface area contributed by atoms with Crippen LogP contribution in [0.1, 0.15) is 21.9 Å². The maximum atomic E-state index is 9.60. The molecule has 0 saturated carbocycles. The zero-order chi connectivity index (χ0) is 59.8. The smallest absolute Gasteiger partial charge is 0.140 e. The van der Waals surface area contributed by atoms with Crippen molar-refractivity contribution in [1.29, 1.82) is 0 Å². The van der Waals surface area contributed by atoms with Crippen LogP contribution in [0.5, 0.6) is 0 Å². The fourth-order valence-electron chi connectivity index (χ4n) is 10.6. The van der Waals surface area contributed by atoms with Crippen LogP contribution >= 0.6 is 0 Å². The summed E-state index contributed by atoms with van der Waals surface area (Å²) >= 11 is 0. The van der Waals surface area contributed by atoms with Gasteiger partial charge in [-0.15, -0.1) is 0 Å². The predicted molar refractivity (Wildman–Crippen MR) is 292 cm³/mol. The van der Waals surface area contributed by atoms with Gasteiger partial charge in [0.05, 0.1) is 83.1 Å². The monoisotopic (exact) mass is 907 g/mol. The van der Waals surface area contributed by atoms with Crippen molar-refractivity contribution >= 4 is 87.2 Å². The third-order valence-electron chi connectivity index (χ3n) is 13.5. The number of aromatic nitrogens is 5. The Morgan fingerprint density at radius 1 is 0.314 bits per heavy atom. The van der Waals surface area contributed by atoms with Gasteiger partial charge in [0.2, 0.25) is 0 Å². The molecule has 0 aliphatic rings. The first-order chi connectivity index (χ1) is 41.4. The first-order valence-electron chi connectivity index (χ1n) is 30.7. The number of pyridine rings is 1. The minimum absolute atomic E-state index is 0.00117. The summed E-state index contributed by atoms with van der Waals surface area (Å²) in [6, 6.07) is 39.1. The van der Waals surface area contributed by atoms with Crippen LogP contribution in [0.2, 0.25) is 0 Å². The van der Waals surface area contributed by atoms with Crippen molar-refractivity contribution in [2.45, 2.75) is 0 Å². The number of rotatable bonds is 6. The molecule has 5 heteroatoms. The van der Waals surface area contributed by atoms with Crippen LogP contribution in [0.25, 0.3) is 132 Å². The summed E-state index contributed by atoms with van der Waals surface area (Å²) < 4.78 is 154. The largest absolute Gasteiger partial charge is 0.309 e. The first kappa shape index (κ1) is 26.2. The number of fused-ring (bicyclic) bond motifs is 12. The molecule has 15 rings (SSSR count). The first-order valence-corrected chi connectivity index (χ1v) is 22.7. The van der Waals surface area contributed by atoms with Crippen molar-refractivity contribution in [2.24, 2.45) is 0 Å². The van der Waals surface area contributed by atoms with E-state index < -0.39 is 96.7 Å². The summed E-state index contributed by atoms with van der Waals surface area (Å²) in [6.45, 7) is 0. The Hall–Kier alpha value is -9.45. The topological polar surface area (TPSA) is 32.6 Å². The normalized spacial score (nSPS) is 15.2. The third kappa shape index (κ3) is 5.57. The summed E-state index contributed by atoms with van der Waals surface area (Å²) in [4.78, 5) is 5.50. The van der Waals surface area contributed by atoms with Gasteiger partial charge in [0.15, 0.2) is 0 Å². The molecule has 0 radical (unpaired) electrons. The van der Waals surface area contributed by atoms with Gasteiger partial charge in [0, 0.05) is 60.4 Å². The number of hydrogen-bond acceptors (Lipinski definition) is 1. The standard InChI is InChI=1S/C65H41N5/c1-9-30-55-46(21-1)47-22-2-10-31-56(47)67(55)43-20-17-19-42(39-43)45-29-18-38-63(69-59-34-13-5-25-50(59)51-26-6-14-35-60(51)69)65(45)54-40-44(68-57-32-11-3-23-48(57)49-24-4-12-33-58(49)68)41-64(66-54)70-61-36-15-7-27-52(61)53-28-8-16-37-62(53)70/h1-41H/i3D,4D,7D,8D,11D,12D,15D,16D,23D,24D,27D,28D,32D,33D,36D,37D. The van der Waals surface area contributed by atoms with E-state index in [-0.39, 0.29) is 60.8 Å². The zero-order valence-corrected chi connectivity index (χ0v) is 36.7. The highest BCUT2D eigenvalue weighted by molar-refractivity contribution is 6.13. The van der Waals surface area contributed by atoms with Crippen molar-refractivity contribution < 1.29 is 21.9 Å². The number of nitrogens with zero attached hydrogens (tertiary/aromatic N) is 5. The minimum atomic E-state index is -0.672. The minimum Gasteiger partial charge on any atom is -0.309 e. The van der Waals surface area contributed by atoms with Crippen LogP contribution < -0.4 is 0 Å². The van der Waals surface area contributed by atoms with Crippen molar-refractivity contribution in [3.8, 4) is 45.3 Å². The van der Waals surface area contributed by atoms with Gasteiger partial charge in [-0.05, 0) is 83.8 Å². The molecule has 70 heavy (non-hydrogen) atoms. The third-order valence-corrected chi connectivity index (χ3v) is 13.5. The molecule has 15 aromatic rings. The second-order valence-corrected chi connectivity index (χ2v) is 17.1. The molecule has 0 saturated heterocycles. The van der Waals surface area contributed by atoms with Crippen molar-refractivity contribution in [3.05, 3.63) is 248 Å². The van der Waals surface area contributed by atoms with Gasteiger partial charge in [0.1, 0.15) is 5.82 Å². The molecule has 0 amide bonds. The number of benzene rings is 10. The Bertz CT molecular complexity index is 5140. The van der Waals surface area contributed by atoms with E-state index in [1.54, 1.807) is 6.07 Å². The lowest BCUT2D eigenvalue weighted by atomic mass is 9.94. The van der Waals surface area contributed by atoms with Gasteiger partial charge in [0.25, 0.3) is 0 Å². The van der Waals surface area contributed by atoms with Gasteiger partial charge in [-0.1, -0.05) is 170 Å². The van der Waals surface area contributed by atoms with Crippen LogP contribution in [-0.4, -0.2) is 23.3 Å². The summed E-state index contributed by atoms with van der Waals surface area (Å²) in [5.41, 5.74) is 5.89. The lowest BCUT2D eigenvalue weighted by molar-refractivity contribution is 1.06. The van der Waals surface area contributed by atoms with Gasteiger partial charge in [-0.2, -0.15) is 0 Å². The Morgan fingerprint density at radius 2 is 0.743 bits per heavy atom. The van der Waals surface area contributed by atoms with Crippen LogP contribution in [0.4, 0.5) is 0 Å². The van der Waals surface area contributed by atoms with Crippen LogP contribution in [0.3, 0.4) is 0 Å². The molecule has 0 unspecified atom stereocenters. The Kier molecular flexibility index (Phi) is 5.62. The highest BCUT2D eigenvalue weighted by Gasteiger charge is 2.24. The van der Waals surface area contributed by atoms with Crippen LogP contribution in [0.15, 0.2) is 248 Å². The molecule has 5 nitrogen and oxygen atoms in total. The molecular weight excluding hydrogens is 851 g/mol. The molecule has 0 N–H and O–H groups in total. The Balaban J connectivity index is 1.17. The van der Waals surface area contributed by atoms with Crippen molar-refractivity contribution in [2.75, 3.05) is 0 Å². The molecule has 0 spiro atoms. The molecule has 0 fully saturated rings. The van der Waals surface area contributed by atoms with E-state index in [2.05, 4.69) is 39.5 Å². The molecule has 5 aromatic heterocycles. The zero-order valence-electron chi connectivity index (χ0n) is 52.7. The molecule has 0 atom stereocenters. The summed E-state index contributed by atoms with van der Waals surface area (Å²) in [6.07, 6.45) is 0. The molecule has 326 valence electrons. The Morgan fingerprint density at radius 3 is 1.26 bits per heavy atom. The molecule has 0 aliphatic heterocycles. The lowest BCUT2D eigenvalue weighted by Crippen LogP contribution is -2.06. The van der Waals surface area contributed by atoms with Gasteiger partial charge < -0.3 is 13.7 Å². The van der Waals surface area contributed by atoms with E-state index in [1.807, 2.05) is 109 Å². The van der Waals surface area contributed by atoms with E-state index in [9.17, 15) is 11.0 Å². The molecule has 10 aromatic carbocycles. The van der Waals surface area contributed by atoms with E-state index in [0.717, 1.165) is 49.3 Å². The fourth-order valence-corrected chi connectivity index (χ4v) is 10.6. The SMILES string of the molecule is [2H]c1c([2H])c([2H])c2c(c1[2H])c1c([2H])c([2H])c([2H])c([2H])c1n2-c1cc(-c2c(-c3cccc(-n4c5ccccc5c5ccccc54)c3)cccc2-n2c3ccccc3c3ccccc32)nc(-n2c3c([2H])c([2H])c([2H])c([2H])c3c3c([2H])c([2H])c([2H])c([2H])c32)c1. The summed E-state index contributed by atoms with van der Waals surface area (Å²) in [5.74, 6) is -0.189. The van der Waals surface area contributed by atoms with Gasteiger partial charge in [-0.3, -0.25) is 4.57 Å². The molecule has 0 aliphatic carbocycles. The quantitative estimate of drug-likeness (QED) is 0.164. The average Bonchev–Trinajstić information content (AvgIpc) is 1.64. The highest BCUT2D eigenvalue weighted by Crippen LogP contribution is 2.44. The maximum absolute atomic E-state index is 9.60. The maximum Gasteiger partial charge on any atom is 0.140 e. The molecular formula is C65H41N5. The fraction of sp³-hybridized carbons (Fsp3) is 0. The van der Waals surface area contributed by atoms with Crippen molar-refractivity contribution in [1.82, 2.24) is 23.3 Å². The predicted octanol–water partition coefficient (Wildman–Crippen LogP) is 16.8. The van der Waals surface area contributed by atoms with Gasteiger partial charge >= 0.3 is 0 Å². The second kappa shape index (κ2) is 15.0. The average molecular weight is 908 g/mol. The highest BCUT2D eigenvalue weighted by atomic mass is 15.1. The number of hydrogen-bond donors (Lipinski definition) is 0. The number of para-hydroxylation sites is 8. The van der Waals surface area contributed by atoms with E-state index in [1.165, 1.54) is 15.2 Å². The van der Waals surface area contributed by atoms with E-state index in [4.69, 9.17) is 16.0 Å². The molecule has 0 bridgehead atoms. The molecule has 5 heterocycles. The van der Waals surface area contributed by atoms with Crippen LogP contribution in [0, 0.1) is 0 Å². The van der Waals surface area contributed by atoms with E-state index in [0.29, 0.717) is 22.4 Å².